The van der Waals surface area contributed by atoms with Crippen molar-refractivity contribution in [1.29, 1.82) is 0 Å². The molecular formula is C14H23NO5. The molecule has 2 heterocycles. The maximum absolute atomic E-state index is 12.2. The van der Waals surface area contributed by atoms with Gasteiger partial charge in [0.2, 0.25) is 18.5 Å². The van der Waals surface area contributed by atoms with Crippen LogP contribution in [0.2, 0.25) is 0 Å². The van der Waals surface area contributed by atoms with Crippen molar-refractivity contribution in [2.75, 3.05) is 19.9 Å². The second-order valence-corrected chi connectivity index (χ2v) is 6.02. The third kappa shape index (κ3) is 3.31. The summed E-state index contributed by atoms with van der Waals surface area (Å²) in [5, 5.41) is 0. The van der Waals surface area contributed by atoms with Gasteiger partial charge in [-0.15, -0.1) is 0 Å². The summed E-state index contributed by atoms with van der Waals surface area (Å²) in [7, 11) is 0. The summed E-state index contributed by atoms with van der Waals surface area (Å²) in [5.74, 6) is -0.0176. The predicted molar refractivity (Wildman–Crippen MR) is 68.9 cm³/mol. The van der Waals surface area contributed by atoms with Crippen molar-refractivity contribution < 1.29 is 24.3 Å². The van der Waals surface area contributed by atoms with E-state index in [2.05, 4.69) is 0 Å². The van der Waals surface area contributed by atoms with E-state index in [9.17, 15) is 4.79 Å². The molecule has 3 fully saturated rings. The lowest BCUT2D eigenvalue weighted by Crippen LogP contribution is -2.44. The highest BCUT2D eigenvalue weighted by Gasteiger charge is 2.42. The molecule has 0 aromatic rings. The normalized spacial score (nSPS) is 27.7. The number of hydrogen-bond donors (Lipinski definition) is 0. The first kappa shape index (κ1) is 14.3. The lowest BCUT2D eigenvalue weighted by atomic mass is 9.83. The first-order valence-electron chi connectivity index (χ1n) is 7.66. The number of carbonyl (C=O) groups is 1. The highest BCUT2D eigenvalue weighted by molar-refractivity contribution is 5.76. The molecule has 0 unspecified atom stereocenters. The minimum absolute atomic E-state index is 0.0125. The van der Waals surface area contributed by atoms with Crippen LogP contribution in [0.4, 0.5) is 0 Å². The Kier molecular flexibility index (Phi) is 4.55. The molecule has 0 radical (unpaired) electrons. The van der Waals surface area contributed by atoms with E-state index in [1.165, 1.54) is 6.42 Å². The van der Waals surface area contributed by atoms with E-state index in [1.54, 1.807) is 0 Å². The highest BCUT2D eigenvalue weighted by Crippen LogP contribution is 2.39. The van der Waals surface area contributed by atoms with Crippen LogP contribution in [0.25, 0.3) is 0 Å². The molecule has 0 aromatic heterocycles. The third-order valence-corrected chi connectivity index (χ3v) is 4.56. The van der Waals surface area contributed by atoms with Crippen molar-refractivity contribution in [3.63, 3.8) is 0 Å². The van der Waals surface area contributed by atoms with Crippen molar-refractivity contribution in [3.8, 4) is 0 Å². The molecule has 0 aromatic carbocycles. The summed E-state index contributed by atoms with van der Waals surface area (Å²) >= 11 is 0. The van der Waals surface area contributed by atoms with Gasteiger partial charge in [0, 0.05) is 32.4 Å². The first-order chi connectivity index (χ1) is 9.77. The minimum atomic E-state index is -0.747. The van der Waals surface area contributed by atoms with Gasteiger partial charge in [0.05, 0.1) is 0 Å². The van der Waals surface area contributed by atoms with E-state index >= 15 is 0 Å². The monoisotopic (exact) mass is 285 g/mol. The van der Waals surface area contributed by atoms with Gasteiger partial charge >= 0.3 is 0 Å². The van der Waals surface area contributed by atoms with Crippen molar-refractivity contribution in [2.24, 2.45) is 5.92 Å². The Bertz CT molecular complexity index is 326. The van der Waals surface area contributed by atoms with E-state index in [0.717, 1.165) is 38.8 Å². The molecule has 0 N–H and O–H groups in total. The number of likely N-dealkylation sites (tertiary alicyclic amines) is 1. The van der Waals surface area contributed by atoms with Crippen molar-refractivity contribution >= 4 is 5.91 Å². The van der Waals surface area contributed by atoms with Crippen LogP contribution >= 0.6 is 0 Å². The van der Waals surface area contributed by atoms with Crippen molar-refractivity contribution in [3.05, 3.63) is 0 Å². The van der Waals surface area contributed by atoms with Gasteiger partial charge < -0.3 is 4.90 Å². The van der Waals surface area contributed by atoms with Crippen LogP contribution in [-0.4, -0.2) is 36.5 Å². The lowest BCUT2D eigenvalue weighted by molar-refractivity contribution is -0.602. The highest BCUT2D eigenvalue weighted by atomic mass is 17.4. The van der Waals surface area contributed by atoms with E-state index < -0.39 is 5.79 Å². The standard InChI is InChI=1S/C14H23NO5/c16-13(15-8-2-1-3-9-15)10-12-4-6-14(7-5-12)19-17-11-18-20-14/h12H,1-11H2. The fourth-order valence-corrected chi connectivity index (χ4v) is 3.30. The maximum atomic E-state index is 12.2. The molecule has 6 nitrogen and oxygen atoms in total. The van der Waals surface area contributed by atoms with Gasteiger partial charge in [-0.1, -0.05) is 0 Å². The zero-order valence-electron chi connectivity index (χ0n) is 11.8. The molecule has 0 bridgehead atoms. The summed E-state index contributed by atoms with van der Waals surface area (Å²) < 4.78 is 0. The number of amides is 1. The summed E-state index contributed by atoms with van der Waals surface area (Å²) in [6.45, 7) is 1.88. The van der Waals surface area contributed by atoms with Gasteiger partial charge in [-0.05, 0) is 38.0 Å². The van der Waals surface area contributed by atoms with E-state index in [0.29, 0.717) is 31.1 Å². The zero-order valence-corrected chi connectivity index (χ0v) is 11.8. The molecule has 1 spiro atoms. The molecule has 0 atom stereocenters. The second-order valence-electron chi connectivity index (χ2n) is 6.02. The molecule has 1 aliphatic carbocycles. The van der Waals surface area contributed by atoms with E-state index in [1.807, 2.05) is 4.90 Å². The van der Waals surface area contributed by atoms with Crippen LogP contribution in [0.15, 0.2) is 0 Å². The first-order valence-corrected chi connectivity index (χ1v) is 7.66. The Morgan fingerprint density at radius 3 is 2.35 bits per heavy atom. The maximum Gasteiger partial charge on any atom is 0.234 e. The van der Waals surface area contributed by atoms with Gasteiger partial charge in [0.15, 0.2) is 0 Å². The quantitative estimate of drug-likeness (QED) is 0.728. The molecule has 2 saturated heterocycles. The average Bonchev–Trinajstić information content (AvgIpc) is 2.52. The van der Waals surface area contributed by atoms with Gasteiger partial charge in [-0.25, -0.2) is 9.78 Å². The molecule has 114 valence electrons. The van der Waals surface area contributed by atoms with Gasteiger partial charge in [-0.2, -0.15) is 9.78 Å². The summed E-state index contributed by atoms with van der Waals surface area (Å²) in [6.07, 6.45) is 7.45. The number of hydrogen-bond acceptors (Lipinski definition) is 5. The molecule has 1 saturated carbocycles. The van der Waals surface area contributed by atoms with Crippen LogP contribution in [0.5, 0.6) is 0 Å². The average molecular weight is 285 g/mol. The lowest BCUT2D eigenvalue weighted by Gasteiger charge is -2.39. The topological polar surface area (TPSA) is 57.2 Å². The zero-order chi connectivity index (χ0) is 13.8. The van der Waals surface area contributed by atoms with E-state index in [4.69, 9.17) is 19.6 Å². The van der Waals surface area contributed by atoms with Crippen LogP contribution in [-0.2, 0) is 24.3 Å². The fourth-order valence-electron chi connectivity index (χ4n) is 3.30. The third-order valence-electron chi connectivity index (χ3n) is 4.56. The Hall–Kier alpha value is -0.690. The Labute approximate surface area is 119 Å². The molecule has 20 heavy (non-hydrogen) atoms. The Morgan fingerprint density at radius 2 is 1.70 bits per heavy atom. The molecule has 3 rings (SSSR count). The fraction of sp³-hybridized carbons (Fsp3) is 0.929. The SMILES string of the molecule is O=C(CC1CCC2(CC1)OOCOO2)N1CCCCC1. The van der Waals surface area contributed by atoms with Crippen LogP contribution in [0.1, 0.15) is 51.4 Å². The Morgan fingerprint density at radius 1 is 1.05 bits per heavy atom. The molecule has 2 aliphatic heterocycles. The number of nitrogens with zero attached hydrogens (tertiary/aromatic N) is 1. The molecule has 6 heteroatoms. The predicted octanol–water partition coefficient (Wildman–Crippen LogP) is 2.14. The second kappa shape index (κ2) is 6.39. The number of piperidine rings is 1. The minimum Gasteiger partial charge on any atom is -0.343 e. The van der Waals surface area contributed by atoms with Crippen molar-refractivity contribution in [2.45, 2.75) is 57.2 Å². The van der Waals surface area contributed by atoms with Gasteiger partial charge in [-0.3, -0.25) is 4.79 Å². The molecule has 1 amide bonds. The summed E-state index contributed by atoms with van der Waals surface area (Å²) in [5.41, 5.74) is 0. The van der Waals surface area contributed by atoms with Gasteiger partial charge in [0.1, 0.15) is 0 Å². The summed E-state index contributed by atoms with van der Waals surface area (Å²) in [6, 6.07) is 0. The number of carbonyl (C=O) groups excluding carboxylic acids is 1. The molecular weight excluding hydrogens is 262 g/mol. The number of rotatable bonds is 2. The van der Waals surface area contributed by atoms with E-state index in [-0.39, 0.29) is 6.79 Å². The smallest absolute Gasteiger partial charge is 0.234 e. The molecule has 3 aliphatic rings. The van der Waals surface area contributed by atoms with Crippen LogP contribution in [0.3, 0.4) is 0 Å². The van der Waals surface area contributed by atoms with Crippen LogP contribution in [0, 0.1) is 5.92 Å². The largest absolute Gasteiger partial charge is 0.343 e. The van der Waals surface area contributed by atoms with Crippen LogP contribution < -0.4 is 0 Å². The Balaban J connectivity index is 1.44. The van der Waals surface area contributed by atoms with Gasteiger partial charge in [0.25, 0.3) is 0 Å². The summed E-state index contributed by atoms with van der Waals surface area (Å²) in [4.78, 5) is 34.4. The van der Waals surface area contributed by atoms with Crippen molar-refractivity contribution in [1.82, 2.24) is 4.90 Å².